The SMILES string of the molecule is Cc1cccc(CSCC(=O)N2CC[C@@H](N)C2)c1. The van der Waals surface area contributed by atoms with Gasteiger partial charge in [0, 0.05) is 24.9 Å². The van der Waals surface area contributed by atoms with Gasteiger partial charge in [0.05, 0.1) is 5.75 Å². The third-order valence-electron chi connectivity index (χ3n) is 3.15. The Hall–Kier alpha value is -1.00. The monoisotopic (exact) mass is 264 g/mol. The van der Waals surface area contributed by atoms with Gasteiger partial charge in [0.1, 0.15) is 0 Å². The molecule has 0 aliphatic carbocycles. The van der Waals surface area contributed by atoms with Gasteiger partial charge in [-0.3, -0.25) is 4.79 Å². The Balaban J connectivity index is 1.73. The van der Waals surface area contributed by atoms with Crippen LogP contribution in [-0.4, -0.2) is 35.7 Å². The summed E-state index contributed by atoms with van der Waals surface area (Å²) in [6.45, 7) is 3.64. The maximum atomic E-state index is 11.9. The van der Waals surface area contributed by atoms with Gasteiger partial charge in [-0.05, 0) is 18.9 Å². The minimum atomic E-state index is 0.177. The average molecular weight is 264 g/mol. The van der Waals surface area contributed by atoms with Crippen molar-refractivity contribution >= 4 is 17.7 Å². The summed E-state index contributed by atoms with van der Waals surface area (Å²) in [4.78, 5) is 13.8. The van der Waals surface area contributed by atoms with Crippen LogP contribution in [0.3, 0.4) is 0 Å². The molecule has 2 N–H and O–H groups in total. The second kappa shape index (κ2) is 6.25. The van der Waals surface area contributed by atoms with Gasteiger partial charge in [-0.1, -0.05) is 29.8 Å². The number of aryl methyl sites for hydroxylation is 1. The van der Waals surface area contributed by atoms with E-state index in [0.717, 1.165) is 25.3 Å². The highest BCUT2D eigenvalue weighted by atomic mass is 32.2. The van der Waals surface area contributed by atoms with E-state index < -0.39 is 0 Å². The number of carbonyl (C=O) groups excluding carboxylic acids is 1. The maximum absolute atomic E-state index is 11.9. The molecule has 1 saturated heterocycles. The quantitative estimate of drug-likeness (QED) is 0.902. The predicted octanol–water partition coefficient (Wildman–Crippen LogP) is 1.79. The summed E-state index contributed by atoms with van der Waals surface area (Å²) in [6, 6.07) is 8.60. The van der Waals surface area contributed by atoms with Crippen molar-refractivity contribution in [2.45, 2.75) is 25.1 Å². The van der Waals surface area contributed by atoms with Crippen molar-refractivity contribution in [3.63, 3.8) is 0 Å². The number of benzene rings is 1. The molecular formula is C14H20N2OS. The van der Waals surface area contributed by atoms with Crippen molar-refractivity contribution in [1.29, 1.82) is 0 Å². The summed E-state index contributed by atoms with van der Waals surface area (Å²) in [7, 11) is 0. The van der Waals surface area contributed by atoms with E-state index in [1.165, 1.54) is 11.1 Å². The fourth-order valence-corrected chi connectivity index (χ4v) is 3.04. The smallest absolute Gasteiger partial charge is 0.232 e. The van der Waals surface area contributed by atoms with Gasteiger partial charge >= 0.3 is 0 Å². The summed E-state index contributed by atoms with van der Waals surface area (Å²) >= 11 is 1.68. The topological polar surface area (TPSA) is 46.3 Å². The molecule has 0 unspecified atom stereocenters. The zero-order valence-corrected chi connectivity index (χ0v) is 11.6. The lowest BCUT2D eigenvalue weighted by Crippen LogP contribution is -2.33. The minimum Gasteiger partial charge on any atom is -0.340 e. The zero-order valence-electron chi connectivity index (χ0n) is 10.8. The first-order valence-electron chi connectivity index (χ1n) is 6.32. The Kier molecular flexibility index (Phi) is 4.66. The van der Waals surface area contributed by atoms with Crippen LogP contribution >= 0.6 is 11.8 Å². The molecule has 0 bridgehead atoms. The van der Waals surface area contributed by atoms with E-state index in [1.807, 2.05) is 4.90 Å². The second-order valence-electron chi connectivity index (χ2n) is 4.87. The summed E-state index contributed by atoms with van der Waals surface area (Å²) in [5.74, 6) is 1.68. The molecule has 1 aromatic rings. The molecule has 1 fully saturated rings. The molecule has 4 heteroatoms. The van der Waals surface area contributed by atoms with E-state index in [0.29, 0.717) is 5.75 Å². The van der Waals surface area contributed by atoms with Gasteiger partial charge in [0.25, 0.3) is 0 Å². The Labute approximate surface area is 113 Å². The molecule has 0 radical (unpaired) electrons. The molecule has 0 saturated carbocycles. The number of thioether (sulfide) groups is 1. The van der Waals surface area contributed by atoms with Crippen molar-refractivity contribution < 1.29 is 4.79 Å². The molecule has 0 aromatic heterocycles. The largest absolute Gasteiger partial charge is 0.340 e. The Bertz CT molecular complexity index is 422. The van der Waals surface area contributed by atoms with Crippen molar-refractivity contribution in [2.75, 3.05) is 18.8 Å². The number of amides is 1. The number of hydrogen-bond donors (Lipinski definition) is 1. The van der Waals surface area contributed by atoms with Crippen LogP contribution in [0.15, 0.2) is 24.3 Å². The molecule has 1 heterocycles. The van der Waals surface area contributed by atoms with Crippen LogP contribution in [0.2, 0.25) is 0 Å². The minimum absolute atomic E-state index is 0.177. The number of likely N-dealkylation sites (tertiary alicyclic amines) is 1. The van der Waals surface area contributed by atoms with Gasteiger partial charge in [0.15, 0.2) is 0 Å². The molecule has 0 spiro atoms. The highest BCUT2D eigenvalue weighted by molar-refractivity contribution is 7.99. The maximum Gasteiger partial charge on any atom is 0.232 e. The van der Waals surface area contributed by atoms with Crippen molar-refractivity contribution in [3.8, 4) is 0 Å². The summed E-state index contributed by atoms with van der Waals surface area (Å²) in [5.41, 5.74) is 8.35. The fraction of sp³-hybridized carbons (Fsp3) is 0.500. The van der Waals surface area contributed by atoms with E-state index >= 15 is 0 Å². The third-order valence-corrected chi connectivity index (χ3v) is 4.14. The van der Waals surface area contributed by atoms with Crippen molar-refractivity contribution in [1.82, 2.24) is 4.90 Å². The highest BCUT2D eigenvalue weighted by Crippen LogP contribution is 2.15. The molecular weight excluding hydrogens is 244 g/mol. The van der Waals surface area contributed by atoms with Crippen LogP contribution in [0.1, 0.15) is 17.5 Å². The first-order valence-corrected chi connectivity index (χ1v) is 7.47. The molecule has 3 nitrogen and oxygen atoms in total. The molecule has 1 atom stereocenters. The lowest BCUT2D eigenvalue weighted by atomic mass is 10.2. The molecule has 18 heavy (non-hydrogen) atoms. The summed E-state index contributed by atoms with van der Waals surface area (Å²) in [5, 5.41) is 0. The number of carbonyl (C=O) groups is 1. The lowest BCUT2D eigenvalue weighted by molar-refractivity contribution is -0.127. The van der Waals surface area contributed by atoms with Crippen LogP contribution in [0, 0.1) is 6.92 Å². The van der Waals surface area contributed by atoms with E-state index in [9.17, 15) is 4.79 Å². The highest BCUT2D eigenvalue weighted by Gasteiger charge is 2.22. The summed E-state index contributed by atoms with van der Waals surface area (Å²) < 4.78 is 0. The Morgan fingerprint density at radius 3 is 3.06 bits per heavy atom. The van der Waals surface area contributed by atoms with E-state index in [1.54, 1.807) is 11.8 Å². The number of rotatable bonds is 4. The van der Waals surface area contributed by atoms with E-state index in [4.69, 9.17) is 5.73 Å². The molecule has 2 rings (SSSR count). The fourth-order valence-electron chi connectivity index (χ4n) is 2.16. The average Bonchev–Trinajstić information content (AvgIpc) is 2.76. The van der Waals surface area contributed by atoms with Crippen molar-refractivity contribution in [2.24, 2.45) is 5.73 Å². The van der Waals surface area contributed by atoms with Gasteiger partial charge in [-0.25, -0.2) is 0 Å². The summed E-state index contributed by atoms with van der Waals surface area (Å²) in [6.07, 6.45) is 0.939. The molecule has 1 aromatic carbocycles. The predicted molar refractivity (Wildman–Crippen MR) is 76.5 cm³/mol. The Morgan fingerprint density at radius 1 is 1.56 bits per heavy atom. The molecule has 1 aliphatic rings. The van der Waals surface area contributed by atoms with E-state index in [2.05, 4.69) is 31.2 Å². The molecule has 98 valence electrons. The van der Waals surface area contributed by atoms with Gasteiger partial charge in [-0.15, -0.1) is 11.8 Å². The van der Waals surface area contributed by atoms with Crippen LogP contribution < -0.4 is 5.73 Å². The van der Waals surface area contributed by atoms with Crippen LogP contribution in [-0.2, 0) is 10.5 Å². The standard InChI is InChI=1S/C14H20N2OS/c1-11-3-2-4-12(7-11)9-18-10-14(17)16-6-5-13(15)8-16/h2-4,7,13H,5-6,8-10,15H2,1H3/t13-/m1/s1. The van der Waals surface area contributed by atoms with E-state index in [-0.39, 0.29) is 11.9 Å². The zero-order chi connectivity index (χ0) is 13.0. The van der Waals surface area contributed by atoms with Gasteiger partial charge < -0.3 is 10.6 Å². The van der Waals surface area contributed by atoms with Crippen LogP contribution in [0.4, 0.5) is 0 Å². The molecule has 1 aliphatic heterocycles. The number of nitrogens with zero attached hydrogens (tertiary/aromatic N) is 1. The first-order chi connectivity index (χ1) is 8.65. The van der Waals surface area contributed by atoms with Crippen LogP contribution in [0.25, 0.3) is 0 Å². The number of hydrogen-bond acceptors (Lipinski definition) is 3. The van der Waals surface area contributed by atoms with Crippen molar-refractivity contribution in [3.05, 3.63) is 35.4 Å². The molecule has 1 amide bonds. The van der Waals surface area contributed by atoms with Crippen LogP contribution in [0.5, 0.6) is 0 Å². The Morgan fingerprint density at radius 2 is 2.39 bits per heavy atom. The normalized spacial score (nSPS) is 19.2. The second-order valence-corrected chi connectivity index (χ2v) is 5.86. The third kappa shape index (κ3) is 3.75. The number of nitrogens with two attached hydrogens (primary N) is 1. The van der Waals surface area contributed by atoms with Gasteiger partial charge in [-0.2, -0.15) is 0 Å². The lowest BCUT2D eigenvalue weighted by Gasteiger charge is -2.15. The first kappa shape index (κ1) is 13.4. The van der Waals surface area contributed by atoms with Gasteiger partial charge in [0.2, 0.25) is 5.91 Å².